The highest BCUT2D eigenvalue weighted by Gasteiger charge is 2.17. The molecule has 0 spiro atoms. The van der Waals surface area contributed by atoms with Gasteiger partial charge in [0.25, 0.3) is 0 Å². The van der Waals surface area contributed by atoms with E-state index in [2.05, 4.69) is 10.3 Å². The summed E-state index contributed by atoms with van der Waals surface area (Å²) in [4.78, 5) is 16.1. The number of carboxylic acid groups (broad SMARTS) is 1. The maximum absolute atomic E-state index is 13.1. The van der Waals surface area contributed by atoms with Crippen LogP contribution in [0.2, 0.25) is 10.0 Å². The summed E-state index contributed by atoms with van der Waals surface area (Å²) in [6, 6.07) is 10.9. The number of hydrogen-bond acceptors (Lipinski definition) is 4. The third kappa shape index (κ3) is 4.10. The zero-order chi connectivity index (χ0) is 18.0. The first-order valence-electron chi connectivity index (χ1n) is 7.12. The molecule has 0 aliphatic heterocycles. The lowest BCUT2D eigenvalue weighted by atomic mass is 10.1. The number of anilines is 2. The van der Waals surface area contributed by atoms with Crippen LogP contribution in [0.4, 0.5) is 15.2 Å². The first-order valence-corrected chi connectivity index (χ1v) is 8.70. The summed E-state index contributed by atoms with van der Waals surface area (Å²) >= 11 is 13.3. The maximum Gasteiger partial charge on any atom is 0.308 e. The lowest BCUT2D eigenvalue weighted by Crippen LogP contribution is -1.99. The molecule has 1 aromatic heterocycles. The molecule has 2 N–H and O–H groups in total. The van der Waals surface area contributed by atoms with Crippen LogP contribution in [0.3, 0.4) is 0 Å². The van der Waals surface area contributed by atoms with E-state index in [1.165, 1.54) is 23.5 Å². The Morgan fingerprint density at radius 3 is 2.60 bits per heavy atom. The van der Waals surface area contributed by atoms with Crippen molar-refractivity contribution in [1.29, 1.82) is 0 Å². The molecule has 0 amide bonds. The smallest absolute Gasteiger partial charge is 0.308 e. The molecule has 0 saturated heterocycles. The summed E-state index contributed by atoms with van der Waals surface area (Å²) in [5.41, 5.74) is 1.70. The second-order valence-electron chi connectivity index (χ2n) is 5.09. The fourth-order valence-electron chi connectivity index (χ4n) is 2.21. The number of rotatable bonds is 5. The third-order valence-electron chi connectivity index (χ3n) is 3.32. The largest absolute Gasteiger partial charge is 0.481 e. The number of thiazole rings is 1. The highest BCUT2D eigenvalue weighted by molar-refractivity contribution is 7.16. The lowest BCUT2D eigenvalue weighted by molar-refractivity contribution is -0.136. The van der Waals surface area contributed by atoms with Gasteiger partial charge in [0.1, 0.15) is 5.82 Å². The van der Waals surface area contributed by atoms with E-state index < -0.39 is 5.97 Å². The molecule has 4 nitrogen and oxygen atoms in total. The molecule has 0 unspecified atom stereocenters. The number of nitrogens with zero attached hydrogens (tertiary/aromatic N) is 1. The van der Waals surface area contributed by atoms with Crippen molar-refractivity contribution >= 4 is 51.3 Å². The first kappa shape index (κ1) is 17.7. The summed E-state index contributed by atoms with van der Waals surface area (Å²) in [5.74, 6) is -1.35. The van der Waals surface area contributed by atoms with E-state index in [0.717, 1.165) is 0 Å². The summed E-state index contributed by atoms with van der Waals surface area (Å²) in [7, 11) is 0. The van der Waals surface area contributed by atoms with Gasteiger partial charge < -0.3 is 10.4 Å². The number of aromatic nitrogens is 1. The van der Waals surface area contributed by atoms with Crippen LogP contribution < -0.4 is 5.32 Å². The molecule has 0 radical (unpaired) electrons. The van der Waals surface area contributed by atoms with Gasteiger partial charge in [0, 0.05) is 10.4 Å². The molecule has 25 heavy (non-hydrogen) atoms. The zero-order valence-corrected chi connectivity index (χ0v) is 14.9. The molecule has 8 heteroatoms. The number of carboxylic acids is 1. The minimum absolute atomic E-state index is 0.185. The van der Waals surface area contributed by atoms with E-state index in [1.807, 2.05) is 0 Å². The van der Waals surface area contributed by atoms with E-state index >= 15 is 0 Å². The van der Waals surface area contributed by atoms with E-state index in [4.69, 9.17) is 28.3 Å². The normalized spacial score (nSPS) is 10.7. The van der Waals surface area contributed by atoms with Crippen molar-refractivity contribution in [3.05, 3.63) is 63.2 Å². The van der Waals surface area contributed by atoms with Crippen LogP contribution >= 0.6 is 34.5 Å². The molecule has 1 heterocycles. The standard InChI is InChI=1S/C17H11Cl2FN2O2S/c18-11-2-1-3-12(15(11)19)21-17-22-16(13(25-17)8-14(23)24)9-4-6-10(20)7-5-9/h1-7H,8H2,(H,21,22)(H,23,24). The van der Waals surface area contributed by atoms with E-state index in [9.17, 15) is 9.18 Å². The molecule has 0 bridgehead atoms. The van der Waals surface area contributed by atoms with Crippen molar-refractivity contribution < 1.29 is 14.3 Å². The van der Waals surface area contributed by atoms with Gasteiger partial charge in [0.2, 0.25) is 0 Å². The fourth-order valence-corrected chi connectivity index (χ4v) is 3.55. The highest BCUT2D eigenvalue weighted by atomic mass is 35.5. The Balaban J connectivity index is 1.99. The van der Waals surface area contributed by atoms with Crippen molar-refractivity contribution in [3.63, 3.8) is 0 Å². The topological polar surface area (TPSA) is 62.2 Å². The highest BCUT2D eigenvalue weighted by Crippen LogP contribution is 2.36. The average Bonchev–Trinajstić information content (AvgIpc) is 2.94. The summed E-state index contributed by atoms with van der Waals surface area (Å²) in [5, 5.41) is 13.4. The van der Waals surface area contributed by atoms with Crippen LogP contribution in [0, 0.1) is 5.82 Å². The number of halogens is 3. The molecule has 2 aromatic carbocycles. The molecule has 0 atom stereocenters. The molecule has 3 aromatic rings. The van der Waals surface area contributed by atoms with Gasteiger partial charge in [-0.25, -0.2) is 9.37 Å². The number of aliphatic carboxylic acids is 1. The summed E-state index contributed by atoms with van der Waals surface area (Å²) in [6.07, 6.45) is -0.185. The van der Waals surface area contributed by atoms with Gasteiger partial charge in [-0.2, -0.15) is 0 Å². The van der Waals surface area contributed by atoms with Crippen molar-refractivity contribution in [3.8, 4) is 11.3 Å². The van der Waals surface area contributed by atoms with Gasteiger partial charge in [-0.15, -0.1) is 11.3 Å². The van der Waals surface area contributed by atoms with E-state index in [1.54, 1.807) is 30.3 Å². The SMILES string of the molecule is O=C(O)Cc1sc(Nc2cccc(Cl)c2Cl)nc1-c1ccc(F)cc1. The van der Waals surface area contributed by atoms with Gasteiger partial charge in [0.15, 0.2) is 5.13 Å². The molecule has 128 valence electrons. The summed E-state index contributed by atoms with van der Waals surface area (Å²) < 4.78 is 13.1. The Kier molecular flexibility index (Phi) is 5.22. The Labute approximate surface area is 156 Å². The monoisotopic (exact) mass is 396 g/mol. The van der Waals surface area contributed by atoms with E-state index in [0.29, 0.717) is 37.0 Å². The Morgan fingerprint density at radius 1 is 1.20 bits per heavy atom. The van der Waals surface area contributed by atoms with Gasteiger partial charge in [0.05, 0.1) is 27.8 Å². The molecule has 0 fully saturated rings. The fraction of sp³-hybridized carbons (Fsp3) is 0.0588. The zero-order valence-electron chi connectivity index (χ0n) is 12.6. The number of hydrogen-bond donors (Lipinski definition) is 2. The minimum Gasteiger partial charge on any atom is -0.481 e. The van der Waals surface area contributed by atoms with Crippen LogP contribution in [0.1, 0.15) is 4.88 Å². The second-order valence-corrected chi connectivity index (χ2v) is 6.96. The minimum atomic E-state index is -0.973. The second kappa shape index (κ2) is 7.39. The van der Waals surface area contributed by atoms with Gasteiger partial charge in [-0.1, -0.05) is 29.3 Å². The quantitative estimate of drug-likeness (QED) is 0.586. The van der Waals surface area contributed by atoms with Crippen molar-refractivity contribution in [2.75, 3.05) is 5.32 Å². The van der Waals surface area contributed by atoms with Gasteiger partial charge in [-0.3, -0.25) is 4.79 Å². The molecule has 0 aliphatic carbocycles. The van der Waals surface area contributed by atoms with E-state index in [-0.39, 0.29) is 12.2 Å². The van der Waals surface area contributed by atoms with Crippen molar-refractivity contribution in [2.45, 2.75) is 6.42 Å². The average molecular weight is 397 g/mol. The molecule has 0 saturated carbocycles. The van der Waals surface area contributed by atoms with Crippen molar-refractivity contribution in [2.24, 2.45) is 0 Å². The first-order chi connectivity index (χ1) is 11.9. The predicted octanol–water partition coefficient (Wildman–Crippen LogP) is 5.63. The predicted molar refractivity (Wildman–Crippen MR) is 98.6 cm³/mol. The Bertz CT molecular complexity index is 929. The van der Waals surface area contributed by atoms with Crippen molar-refractivity contribution in [1.82, 2.24) is 4.98 Å². The molecule has 0 aliphatic rings. The van der Waals surface area contributed by atoms with Crippen LogP contribution in [0.5, 0.6) is 0 Å². The Morgan fingerprint density at radius 2 is 1.92 bits per heavy atom. The number of carbonyl (C=O) groups is 1. The van der Waals surface area contributed by atoms with Crippen LogP contribution in [0.25, 0.3) is 11.3 Å². The molecule has 3 rings (SSSR count). The molecular formula is C17H11Cl2FN2O2S. The lowest BCUT2D eigenvalue weighted by Gasteiger charge is -2.05. The van der Waals surface area contributed by atoms with Gasteiger partial charge in [-0.05, 0) is 36.4 Å². The molecular weight excluding hydrogens is 386 g/mol. The third-order valence-corrected chi connectivity index (χ3v) is 5.11. The van der Waals surface area contributed by atoms with Crippen LogP contribution in [-0.2, 0) is 11.2 Å². The number of nitrogens with one attached hydrogen (secondary N) is 1. The van der Waals surface area contributed by atoms with Gasteiger partial charge >= 0.3 is 5.97 Å². The van der Waals surface area contributed by atoms with Crippen LogP contribution in [-0.4, -0.2) is 16.1 Å². The summed E-state index contributed by atoms with van der Waals surface area (Å²) in [6.45, 7) is 0. The van der Waals surface area contributed by atoms with Crippen LogP contribution in [0.15, 0.2) is 42.5 Å². The number of benzene rings is 2. The maximum atomic E-state index is 13.1. The Hall–Kier alpha value is -2.15.